The summed E-state index contributed by atoms with van der Waals surface area (Å²) in [5, 5.41) is 11.9. The summed E-state index contributed by atoms with van der Waals surface area (Å²) in [6, 6.07) is -0.0966. The van der Waals surface area contributed by atoms with Crippen LogP contribution in [0.25, 0.3) is 0 Å². The van der Waals surface area contributed by atoms with Crippen LogP contribution >= 0.6 is 0 Å². The van der Waals surface area contributed by atoms with E-state index in [1.54, 1.807) is 12.0 Å². The second kappa shape index (κ2) is 7.45. The number of carbonyl (C=O) groups is 2. The van der Waals surface area contributed by atoms with Crippen LogP contribution < -0.4 is 5.32 Å². The minimum absolute atomic E-state index is 0.0000553. The van der Waals surface area contributed by atoms with Crippen molar-refractivity contribution in [3.63, 3.8) is 0 Å². The molecule has 2 N–H and O–H groups in total. The fourth-order valence-corrected chi connectivity index (χ4v) is 2.01. The number of aliphatic hydroxyl groups is 1. The number of hydrogen-bond donors (Lipinski definition) is 2. The number of ether oxygens (including phenoxy) is 1. The fraction of sp³-hybridized carbons (Fsp3) is 0.846. The summed E-state index contributed by atoms with van der Waals surface area (Å²) in [5.41, 5.74) is 0. The standard InChI is InChI=1S/C13H24N2O4/c1-9(8-16)10(2)14-13(18)11-6-12(17)15(7-11)4-5-19-3/h9-11,16H,4-8H2,1-3H3,(H,14,18). The van der Waals surface area contributed by atoms with Crippen LogP contribution in [-0.4, -0.2) is 61.3 Å². The van der Waals surface area contributed by atoms with Crippen molar-refractivity contribution in [2.24, 2.45) is 11.8 Å². The van der Waals surface area contributed by atoms with Gasteiger partial charge in [0.15, 0.2) is 0 Å². The monoisotopic (exact) mass is 272 g/mol. The highest BCUT2D eigenvalue weighted by Gasteiger charge is 2.34. The van der Waals surface area contributed by atoms with Gasteiger partial charge in [-0.05, 0) is 12.8 Å². The maximum atomic E-state index is 12.0. The summed E-state index contributed by atoms with van der Waals surface area (Å²) in [6.45, 7) is 5.23. The molecule has 1 fully saturated rings. The lowest BCUT2D eigenvalue weighted by Crippen LogP contribution is -2.42. The Morgan fingerprint density at radius 1 is 1.58 bits per heavy atom. The normalized spacial score (nSPS) is 22.4. The Balaban J connectivity index is 2.44. The molecule has 1 heterocycles. The molecule has 0 aliphatic carbocycles. The molecule has 6 heteroatoms. The smallest absolute Gasteiger partial charge is 0.225 e. The van der Waals surface area contributed by atoms with E-state index in [1.807, 2.05) is 13.8 Å². The van der Waals surface area contributed by atoms with E-state index in [0.717, 1.165) is 0 Å². The summed E-state index contributed by atoms with van der Waals surface area (Å²) in [5.74, 6) is -0.399. The van der Waals surface area contributed by atoms with Crippen molar-refractivity contribution in [2.45, 2.75) is 26.3 Å². The highest BCUT2D eigenvalue weighted by Crippen LogP contribution is 2.18. The number of carbonyl (C=O) groups excluding carboxylic acids is 2. The van der Waals surface area contributed by atoms with Crippen LogP contribution in [0.3, 0.4) is 0 Å². The predicted octanol–water partition coefficient (Wildman–Crippen LogP) is -0.386. The third kappa shape index (κ3) is 4.47. The quantitative estimate of drug-likeness (QED) is 0.662. The first kappa shape index (κ1) is 15.9. The van der Waals surface area contributed by atoms with E-state index < -0.39 is 0 Å². The fourth-order valence-electron chi connectivity index (χ4n) is 2.01. The molecule has 0 aromatic carbocycles. The molecule has 0 aromatic rings. The van der Waals surface area contributed by atoms with Gasteiger partial charge in [0.2, 0.25) is 11.8 Å². The second-order valence-corrected chi connectivity index (χ2v) is 5.19. The van der Waals surface area contributed by atoms with Crippen LogP contribution in [0.5, 0.6) is 0 Å². The van der Waals surface area contributed by atoms with E-state index in [-0.39, 0.29) is 42.7 Å². The molecular formula is C13H24N2O4. The molecule has 3 unspecified atom stereocenters. The highest BCUT2D eigenvalue weighted by molar-refractivity contribution is 5.89. The van der Waals surface area contributed by atoms with Gasteiger partial charge in [-0.15, -0.1) is 0 Å². The molecule has 19 heavy (non-hydrogen) atoms. The van der Waals surface area contributed by atoms with Gasteiger partial charge in [-0.25, -0.2) is 0 Å². The highest BCUT2D eigenvalue weighted by atomic mass is 16.5. The molecule has 0 aromatic heterocycles. The van der Waals surface area contributed by atoms with Crippen molar-refractivity contribution in [3.8, 4) is 0 Å². The van der Waals surface area contributed by atoms with Crippen molar-refractivity contribution in [1.29, 1.82) is 0 Å². The predicted molar refractivity (Wildman–Crippen MR) is 70.4 cm³/mol. The third-order valence-corrected chi connectivity index (χ3v) is 3.66. The molecule has 1 saturated heterocycles. The first-order valence-corrected chi connectivity index (χ1v) is 6.67. The van der Waals surface area contributed by atoms with E-state index in [0.29, 0.717) is 19.7 Å². The Morgan fingerprint density at radius 2 is 2.26 bits per heavy atom. The summed E-state index contributed by atoms with van der Waals surface area (Å²) in [6.07, 6.45) is 0.260. The topological polar surface area (TPSA) is 78.9 Å². The van der Waals surface area contributed by atoms with Gasteiger partial charge in [0.25, 0.3) is 0 Å². The molecule has 110 valence electrons. The average molecular weight is 272 g/mol. The van der Waals surface area contributed by atoms with E-state index in [9.17, 15) is 9.59 Å². The molecule has 0 saturated carbocycles. The Hall–Kier alpha value is -1.14. The number of amides is 2. The van der Waals surface area contributed by atoms with Crippen LogP contribution in [-0.2, 0) is 14.3 Å². The molecule has 0 spiro atoms. The average Bonchev–Trinajstić information content (AvgIpc) is 2.76. The maximum absolute atomic E-state index is 12.0. The van der Waals surface area contributed by atoms with Crippen LogP contribution in [0, 0.1) is 11.8 Å². The van der Waals surface area contributed by atoms with Gasteiger partial charge in [0, 0.05) is 39.3 Å². The van der Waals surface area contributed by atoms with Gasteiger partial charge in [0.1, 0.15) is 0 Å². The molecular weight excluding hydrogens is 248 g/mol. The molecule has 3 atom stereocenters. The van der Waals surface area contributed by atoms with Gasteiger partial charge < -0.3 is 20.1 Å². The molecule has 1 rings (SSSR count). The molecule has 1 aliphatic heterocycles. The van der Waals surface area contributed by atoms with Crippen LogP contribution in [0.4, 0.5) is 0 Å². The molecule has 2 amide bonds. The Labute approximate surface area is 114 Å². The summed E-state index contributed by atoms with van der Waals surface area (Å²) in [7, 11) is 1.59. The summed E-state index contributed by atoms with van der Waals surface area (Å²) >= 11 is 0. The number of nitrogens with zero attached hydrogens (tertiary/aromatic N) is 1. The first-order chi connectivity index (χ1) is 8.99. The Bertz CT molecular complexity index is 322. The Kier molecular flexibility index (Phi) is 6.24. The van der Waals surface area contributed by atoms with E-state index >= 15 is 0 Å². The van der Waals surface area contributed by atoms with E-state index in [1.165, 1.54) is 0 Å². The van der Waals surface area contributed by atoms with Crippen molar-refractivity contribution in [1.82, 2.24) is 10.2 Å². The van der Waals surface area contributed by atoms with Crippen molar-refractivity contribution >= 4 is 11.8 Å². The third-order valence-electron chi connectivity index (χ3n) is 3.66. The van der Waals surface area contributed by atoms with E-state index in [2.05, 4.69) is 5.32 Å². The zero-order valence-electron chi connectivity index (χ0n) is 11.9. The first-order valence-electron chi connectivity index (χ1n) is 6.67. The van der Waals surface area contributed by atoms with Crippen molar-refractivity contribution in [2.75, 3.05) is 33.4 Å². The number of hydrogen-bond acceptors (Lipinski definition) is 4. The molecule has 6 nitrogen and oxygen atoms in total. The lowest BCUT2D eigenvalue weighted by Gasteiger charge is -2.21. The number of rotatable bonds is 7. The van der Waals surface area contributed by atoms with Gasteiger partial charge in [-0.3, -0.25) is 9.59 Å². The summed E-state index contributed by atoms with van der Waals surface area (Å²) in [4.78, 5) is 25.4. The number of aliphatic hydroxyl groups excluding tert-OH is 1. The second-order valence-electron chi connectivity index (χ2n) is 5.19. The summed E-state index contributed by atoms with van der Waals surface area (Å²) < 4.78 is 4.94. The SMILES string of the molecule is COCCN1CC(C(=O)NC(C)C(C)CO)CC1=O. The minimum Gasteiger partial charge on any atom is -0.396 e. The van der Waals surface area contributed by atoms with Crippen LogP contribution in [0.1, 0.15) is 20.3 Å². The van der Waals surface area contributed by atoms with Gasteiger partial charge in [-0.2, -0.15) is 0 Å². The number of likely N-dealkylation sites (tertiary alicyclic amines) is 1. The molecule has 0 bridgehead atoms. The van der Waals surface area contributed by atoms with Crippen LogP contribution in [0.2, 0.25) is 0 Å². The van der Waals surface area contributed by atoms with Gasteiger partial charge in [-0.1, -0.05) is 6.92 Å². The van der Waals surface area contributed by atoms with Crippen molar-refractivity contribution in [3.05, 3.63) is 0 Å². The maximum Gasteiger partial charge on any atom is 0.225 e. The lowest BCUT2D eigenvalue weighted by molar-refractivity contribution is -0.129. The molecule has 1 aliphatic rings. The zero-order chi connectivity index (χ0) is 14.4. The minimum atomic E-state index is -0.294. The number of nitrogens with one attached hydrogen (secondary N) is 1. The largest absolute Gasteiger partial charge is 0.396 e. The van der Waals surface area contributed by atoms with Gasteiger partial charge in [0.05, 0.1) is 12.5 Å². The number of methoxy groups -OCH3 is 1. The molecule has 0 radical (unpaired) electrons. The lowest BCUT2D eigenvalue weighted by atomic mass is 10.0. The van der Waals surface area contributed by atoms with Crippen molar-refractivity contribution < 1.29 is 19.4 Å². The van der Waals surface area contributed by atoms with Crippen LogP contribution in [0.15, 0.2) is 0 Å². The van der Waals surface area contributed by atoms with Gasteiger partial charge >= 0.3 is 0 Å². The van der Waals surface area contributed by atoms with E-state index in [4.69, 9.17) is 9.84 Å². The Morgan fingerprint density at radius 3 is 2.84 bits per heavy atom. The zero-order valence-corrected chi connectivity index (χ0v) is 11.9.